The molecule has 4 nitrogen and oxygen atoms in total. The van der Waals surface area contributed by atoms with Crippen LogP contribution in [0.2, 0.25) is 0 Å². The first kappa shape index (κ1) is 20.5. The molecule has 2 aromatic carbocycles. The number of benzene rings is 2. The number of nitrogens with zero attached hydrogens (tertiary/aromatic N) is 3. The van der Waals surface area contributed by atoms with Gasteiger partial charge < -0.3 is 10.2 Å². The predicted octanol–water partition coefficient (Wildman–Crippen LogP) is 4.53. The second kappa shape index (κ2) is 9.37. The number of piperidine rings is 1. The van der Waals surface area contributed by atoms with Crippen molar-refractivity contribution in [2.24, 2.45) is 5.92 Å². The fourth-order valence-electron chi connectivity index (χ4n) is 5.63. The topological polar surface area (TPSA) is 31.4 Å². The van der Waals surface area contributed by atoms with Gasteiger partial charge in [-0.1, -0.05) is 55.5 Å². The number of hydrogen-bond donors (Lipinski definition) is 1. The van der Waals surface area contributed by atoms with Crippen molar-refractivity contribution >= 4 is 16.7 Å². The molecular formula is C27H34N4. The molecule has 0 saturated carbocycles. The van der Waals surface area contributed by atoms with E-state index in [1.165, 1.54) is 30.3 Å². The number of nitrogens with one attached hydrogen (secondary N) is 1. The molecule has 1 N–H and O–H groups in total. The van der Waals surface area contributed by atoms with Gasteiger partial charge in [-0.05, 0) is 61.5 Å². The monoisotopic (exact) mass is 414 g/mol. The Labute approximate surface area is 186 Å². The lowest BCUT2D eigenvalue weighted by Crippen LogP contribution is -2.56. The maximum absolute atomic E-state index is 4.94. The van der Waals surface area contributed by atoms with Crippen LogP contribution < -0.4 is 10.2 Å². The Bertz CT molecular complexity index is 975. The van der Waals surface area contributed by atoms with Crippen molar-refractivity contribution in [2.45, 2.75) is 31.7 Å². The second-order valence-corrected chi connectivity index (χ2v) is 9.18. The molecule has 2 aliphatic rings. The average molecular weight is 415 g/mol. The smallest absolute Gasteiger partial charge is 0.129 e. The largest absolute Gasteiger partial charge is 0.354 e. The van der Waals surface area contributed by atoms with Crippen molar-refractivity contribution in [3.63, 3.8) is 0 Å². The van der Waals surface area contributed by atoms with Gasteiger partial charge in [-0.15, -0.1) is 0 Å². The van der Waals surface area contributed by atoms with E-state index in [9.17, 15) is 0 Å². The lowest BCUT2D eigenvalue weighted by molar-refractivity contribution is 0.0985. The number of para-hydroxylation sites is 1. The number of aromatic nitrogens is 1. The Hall–Kier alpha value is -2.43. The molecule has 3 heterocycles. The third-order valence-electron chi connectivity index (χ3n) is 7.30. The third-order valence-corrected chi connectivity index (χ3v) is 7.30. The maximum Gasteiger partial charge on any atom is 0.129 e. The Morgan fingerprint density at radius 1 is 0.903 bits per heavy atom. The lowest BCUT2D eigenvalue weighted by Gasteiger charge is -2.46. The van der Waals surface area contributed by atoms with Crippen LogP contribution in [0.3, 0.4) is 0 Å². The van der Waals surface area contributed by atoms with E-state index in [1.54, 1.807) is 0 Å². The predicted molar refractivity (Wildman–Crippen MR) is 130 cm³/mol. The summed E-state index contributed by atoms with van der Waals surface area (Å²) in [6.45, 7) is 9.05. The average Bonchev–Trinajstić information content (AvgIpc) is 2.85. The van der Waals surface area contributed by atoms with Gasteiger partial charge in [0.1, 0.15) is 5.82 Å². The SMILES string of the molecule is CC(c1ccccc1)C(C1CCCNC1)N1CCN(c2ccc3ccccc3n2)CC1. The molecule has 3 atom stereocenters. The standard InChI is InChI=1S/C27H34N4/c1-21(22-8-3-2-4-9-22)27(24-11-7-15-28-20-24)31-18-16-30(17-19-31)26-14-13-23-10-5-6-12-25(23)29-26/h2-6,8-10,12-14,21,24,27-28H,7,11,15-20H2,1H3. The zero-order chi connectivity index (χ0) is 21.0. The number of rotatable bonds is 5. The molecule has 0 radical (unpaired) electrons. The first-order chi connectivity index (χ1) is 15.3. The second-order valence-electron chi connectivity index (χ2n) is 9.18. The first-order valence-corrected chi connectivity index (χ1v) is 11.9. The maximum atomic E-state index is 4.94. The van der Waals surface area contributed by atoms with Gasteiger partial charge in [-0.3, -0.25) is 4.90 Å². The molecule has 3 aromatic rings. The van der Waals surface area contributed by atoms with Gasteiger partial charge in [-0.2, -0.15) is 0 Å². The quantitative estimate of drug-likeness (QED) is 0.665. The Morgan fingerprint density at radius 3 is 2.45 bits per heavy atom. The minimum absolute atomic E-state index is 0.538. The van der Waals surface area contributed by atoms with Gasteiger partial charge in [0.2, 0.25) is 0 Å². The fourth-order valence-corrected chi connectivity index (χ4v) is 5.63. The normalized spacial score (nSPS) is 22.4. The highest BCUT2D eigenvalue weighted by atomic mass is 15.3. The molecule has 3 unspecified atom stereocenters. The molecule has 162 valence electrons. The molecule has 1 aromatic heterocycles. The van der Waals surface area contributed by atoms with Crippen LogP contribution in [0, 0.1) is 5.92 Å². The summed E-state index contributed by atoms with van der Waals surface area (Å²) in [6, 6.07) is 24.5. The zero-order valence-corrected chi connectivity index (χ0v) is 18.6. The first-order valence-electron chi connectivity index (χ1n) is 11.9. The van der Waals surface area contributed by atoms with Crippen LogP contribution in [-0.4, -0.2) is 55.2 Å². The summed E-state index contributed by atoms with van der Waals surface area (Å²) >= 11 is 0. The van der Waals surface area contributed by atoms with Gasteiger partial charge >= 0.3 is 0 Å². The molecular weight excluding hydrogens is 380 g/mol. The van der Waals surface area contributed by atoms with Crippen LogP contribution in [-0.2, 0) is 0 Å². The minimum atomic E-state index is 0.538. The summed E-state index contributed by atoms with van der Waals surface area (Å²) < 4.78 is 0. The highest BCUT2D eigenvalue weighted by Gasteiger charge is 2.35. The van der Waals surface area contributed by atoms with Gasteiger partial charge in [0.25, 0.3) is 0 Å². The third kappa shape index (κ3) is 4.46. The van der Waals surface area contributed by atoms with Gasteiger partial charge in [0.05, 0.1) is 5.52 Å². The van der Waals surface area contributed by atoms with Crippen molar-refractivity contribution in [3.05, 3.63) is 72.3 Å². The van der Waals surface area contributed by atoms with Crippen LogP contribution in [0.5, 0.6) is 0 Å². The van der Waals surface area contributed by atoms with Crippen LogP contribution in [0.15, 0.2) is 66.7 Å². The summed E-state index contributed by atoms with van der Waals surface area (Å²) in [5, 5.41) is 4.88. The molecule has 2 saturated heterocycles. The molecule has 2 aliphatic heterocycles. The van der Waals surface area contributed by atoms with E-state index in [-0.39, 0.29) is 0 Å². The highest BCUT2D eigenvalue weighted by Crippen LogP contribution is 2.33. The van der Waals surface area contributed by atoms with Gasteiger partial charge in [-0.25, -0.2) is 4.98 Å². The molecule has 0 aliphatic carbocycles. The number of fused-ring (bicyclic) bond motifs is 1. The summed E-state index contributed by atoms with van der Waals surface area (Å²) in [5.41, 5.74) is 2.56. The van der Waals surface area contributed by atoms with E-state index in [0.717, 1.165) is 44.1 Å². The van der Waals surface area contributed by atoms with Crippen LogP contribution in [0.4, 0.5) is 5.82 Å². The van der Waals surface area contributed by atoms with Gasteiger partial charge in [0.15, 0.2) is 0 Å². The molecule has 0 amide bonds. The minimum Gasteiger partial charge on any atom is -0.354 e. The summed E-state index contributed by atoms with van der Waals surface area (Å²) in [7, 11) is 0. The van der Waals surface area contributed by atoms with E-state index < -0.39 is 0 Å². The van der Waals surface area contributed by atoms with E-state index in [1.807, 2.05) is 0 Å². The molecule has 5 rings (SSSR count). The molecule has 31 heavy (non-hydrogen) atoms. The Balaban J connectivity index is 1.32. The van der Waals surface area contributed by atoms with Crippen molar-refractivity contribution < 1.29 is 0 Å². The Kier molecular flexibility index (Phi) is 6.19. The van der Waals surface area contributed by atoms with Crippen LogP contribution in [0.25, 0.3) is 10.9 Å². The number of hydrogen-bond acceptors (Lipinski definition) is 4. The highest BCUT2D eigenvalue weighted by molar-refractivity contribution is 5.80. The molecule has 2 fully saturated rings. The molecule has 0 bridgehead atoms. The molecule has 4 heteroatoms. The number of piperazine rings is 1. The van der Waals surface area contributed by atoms with Crippen LogP contribution >= 0.6 is 0 Å². The number of anilines is 1. The van der Waals surface area contributed by atoms with Crippen molar-refractivity contribution in [1.82, 2.24) is 15.2 Å². The zero-order valence-electron chi connectivity index (χ0n) is 18.6. The fraction of sp³-hybridized carbons (Fsp3) is 0.444. The van der Waals surface area contributed by atoms with E-state index in [2.05, 4.69) is 88.8 Å². The molecule has 0 spiro atoms. The summed E-state index contributed by atoms with van der Waals surface area (Å²) in [6.07, 6.45) is 2.63. The van der Waals surface area contributed by atoms with Crippen molar-refractivity contribution in [1.29, 1.82) is 0 Å². The van der Waals surface area contributed by atoms with Gasteiger partial charge in [0, 0.05) is 37.6 Å². The van der Waals surface area contributed by atoms with Crippen LogP contribution in [0.1, 0.15) is 31.2 Å². The Morgan fingerprint density at radius 2 is 1.68 bits per heavy atom. The number of pyridine rings is 1. The lowest BCUT2D eigenvalue weighted by atomic mass is 9.80. The van der Waals surface area contributed by atoms with E-state index in [0.29, 0.717) is 17.9 Å². The van der Waals surface area contributed by atoms with Crippen molar-refractivity contribution in [3.8, 4) is 0 Å². The van der Waals surface area contributed by atoms with E-state index in [4.69, 9.17) is 4.98 Å². The summed E-state index contributed by atoms with van der Waals surface area (Å²) in [4.78, 5) is 10.2. The van der Waals surface area contributed by atoms with Crippen molar-refractivity contribution in [2.75, 3.05) is 44.2 Å². The summed E-state index contributed by atoms with van der Waals surface area (Å²) in [5.74, 6) is 2.37. The van der Waals surface area contributed by atoms with E-state index >= 15 is 0 Å².